The molecular formula is C8H11N3O2. The van der Waals surface area contributed by atoms with Crippen molar-refractivity contribution in [1.29, 1.82) is 0 Å². The van der Waals surface area contributed by atoms with E-state index in [1.807, 2.05) is 6.92 Å². The third-order valence-corrected chi connectivity index (χ3v) is 1.59. The smallest absolute Gasteiger partial charge is 0.317 e. The zero-order valence-electron chi connectivity index (χ0n) is 7.27. The van der Waals surface area contributed by atoms with Crippen molar-refractivity contribution in [3.05, 3.63) is 24.3 Å². The number of aromatic nitrogens is 2. The molecule has 0 radical (unpaired) electrons. The molecule has 5 heteroatoms. The molecule has 0 saturated carbocycles. The Morgan fingerprint density at radius 3 is 3.00 bits per heavy atom. The summed E-state index contributed by atoms with van der Waals surface area (Å²) in [6, 6.07) is -0.0928. The first-order valence-electron chi connectivity index (χ1n) is 3.91. The number of nitrogens with zero attached hydrogens (tertiary/aromatic N) is 2. The van der Waals surface area contributed by atoms with E-state index in [1.165, 1.54) is 0 Å². The van der Waals surface area contributed by atoms with Crippen LogP contribution >= 0.6 is 0 Å². The molecule has 0 aliphatic heterocycles. The van der Waals surface area contributed by atoms with Gasteiger partial charge in [0.1, 0.15) is 0 Å². The number of nitrogens with one attached hydrogen (secondary N) is 1. The highest BCUT2D eigenvalue weighted by Gasteiger charge is 2.06. The molecule has 1 rings (SSSR count). The van der Waals surface area contributed by atoms with Crippen LogP contribution in [0.4, 0.5) is 0 Å². The highest BCUT2D eigenvalue weighted by Crippen LogP contribution is 2.04. The Balaban J connectivity index is 2.49. The average molecular weight is 181 g/mol. The molecule has 70 valence electrons. The topological polar surface area (TPSA) is 75.1 Å². The summed E-state index contributed by atoms with van der Waals surface area (Å²) < 4.78 is 0. The molecule has 2 N–H and O–H groups in total. The lowest BCUT2D eigenvalue weighted by Gasteiger charge is -2.09. The van der Waals surface area contributed by atoms with Gasteiger partial charge in [-0.3, -0.25) is 20.1 Å². The highest BCUT2D eigenvalue weighted by atomic mass is 16.4. The lowest BCUT2D eigenvalue weighted by atomic mass is 10.2. The molecule has 1 unspecified atom stereocenters. The molecule has 0 amide bonds. The zero-order valence-corrected chi connectivity index (χ0v) is 7.27. The second kappa shape index (κ2) is 4.51. The van der Waals surface area contributed by atoms with Crippen molar-refractivity contribution in [2.75, 3.05) is 6.54 Å². The number of rotatable bonds is 4. The van der Waals surface area contributed by atoms with Gasteiger partial charge in [-0.2, -0.15) is 0 Å². The summed E-state index contributed by atoms with van der Waals surface area (Å²) in [5.74, 6) is -0.879. The largest absolute Gasteiger partial charge is 0.480 e. The number of aliphatic carboxylic acids is 1. The molecule has 0 fully saturated rings. The molecule has 0 aromatic carbocycles. The number of hydrogen-bond donors (Lipinski definition) is 2. The van der Waals surface area contributed by atoms with Gasteiger partial charge < -0.3 is 5.11 Å². The van der Waals surface area contributed by atoms with Crippen molar-refractivity contribution in [3.8, 4) is 0 Å². The van der Waals surface area contributed by atoms with Crippen molar-refractivity contribution in [2.24, 2.45) is 0 Å². The molecule has 0 saturated heterocycles. The van der Waals surface area contributed by atoms with Gasteiger partial charge in [0.15, 0.2) is 0 Å². The van der Waals surface area contributed by atoms with E-state index in [1.54, 1.807) is 18.6 Å². The van der Waals surface area contributed by atoms with Crippen LogP contribution in [0.2, 0.25) is 0 Å². The van der Waals surface area contributed by atoms with Crippen LogP contribution in [0.3, 0.4) is 0 Å². The summed E-state index contributed by atoms with van der Waals surface area (Å²) in [6.45, 7) is 1.77. The lowest BCUT2D eigenvalue weighted by Crippen LogP contribution is -2.26. The second-order valence-corrected chi connectivity index (χ2v) is 2.63. The fraction of sp³-hybridized carbons (Fsp3) is 0.375. The van der Waals surface area contributed by atoms with Gasteiger partial charge >= 0.3 is 5.97 Å². The summed E-state index contributed by atoms with van der Waals surface area (Å²) in [4.78, 5) is 18.2. The third-order valence-electron chi connectivity index (χ3n) is 1.59. The van der Waals surface area contributed by atoms with Gasteiger partial charge in [-0.05, 0) is 6.92 Å². The SMILES string of the molecule is CC(NCC(=O)O)c1cnccn1. The van der Waals surface area contributed by atoms with E-state index < -0.39 is 5.97 Å². The number of carboxylic acid groups (broad SMARTS) is 1. The number of carboxylic acids is 1. The summed E-state index contributed by atoms with van der Waals surface area (Å²) in [5.41, 5.74) is 0.740. The van der Waals surface area contributed by atoms with E-state index >= 15 is 0 Å². The Labute approximate surface area is 75.8 Å². The molecule has 1 heterocycles. The molecule has 0 bridgehead atoms. The van der Waals surface area contributed by atoms with Gasteiger partial charge in [-0.25, -0.2) is 0 Å². The maximum absolute atomic E-state index is 10.2. The van der Waals surface area contributed by atoms with E-state index in [-0.39, 0.29) is 12.6 Å². The quantitative estimate of drug-likeness (QED) is 0.694. The van der Waals surface area contributed by atoms with E-state index in [9.17, 15) is 4.79 Å². The minimum atomic E-state index is -0.879. The first-order valence-corrected chi connectivity index (χ1v) is 3.91. The van der Waals surface area contributed by atoms with Crippen LogP contribution in [0, 0.1) is 0 Å². The van der Waals surface area contributed by atoms with E-state index in [4.69, 9.17) is 5.11 Å². The van der Waals surface area contributed by atoms with Gasteiger partial charge in [0.25, 0.3) is 0 Å². The molecule has 0 aliphatic carbocycles. The van der Waals surface area contributed by atoms with Gasteiger partial charge in [0, 0.05) is 24.6 Å². The Bertz CT molecular complexity index is 276. The number of carbonyl (C=O) groups is 1. The summed E-state index contributed by atoms with van der Waals surface area (Å²) >= 11 is 0. The minimum absolute atomic E-state index is 0.0717. The van der Waals surface area contributed by atoms with Crippen LogP contribution in [0.15, 0.2) is 18.6 Å². The molecule has 13 heavy (non-hydrogen) atoms. The Hall–Kier alpha value is -1.49. The van der Waals surface area contributed by atoms with Crippen molar-refractivity contribution in [2.45, 2.75) is 13.0 Å². The van der Waals surface area contributed by atoms with Gasteiger partial charge in [0.05, 0.1) is 12.2 Å². The maximum Gasteiger partial charge on any atom is 0.317 e. The van der Waals surface area contributed by atoms with Crippen LogP contribution in [0.5, 0.6) is 0 Å². The van der Waals surface area contributed by atoms with Crippen molar-refractivity contribution in [1.82, 2.24) is 15.3 Å². The summed E-state index contributed by atoms with van der Waals surface area (Å²) in [5, 5.41) is 11.2. The van der Waals surface area contributed by atoms with E-state index in [0.717, 1.165) is 5.69 Å². The van der Waals surface area contributed by atoms with Gasteiger partial charge in [-0.15, -0.1) is 0 Å². The molecule has 0 spiro atoms. The Morgan fingerprint density at radius 2 is 2.46 bits per heavy atom. The molecular weight excluding hydrogens is 170 g/mol. The molecule has 1 aromatic heterocycles. The normalized spacial score (nSPS) is 12.4. The van der Waals surface area contributed by atoms with Crippen LogP contribution in [0.1, 0.15) is 18.7 Å². The van der Waals surface area contributed by atoms with Crippen molar-refractivity contribution < 1.29 is 9.90 Å². The highest BCUT2D eigenvalue weighted by molar-refractivity contribution is 5.69. The maximum atomic E-state index is 10.2. The fourth-order valence-corrected chi connectivity index (χ4v) is 0.879. The predicted molar refractivity (Wildman–Crippen MR) is 46.1 cm³/mol. The zero-order chi connectivity index (χ0) is 9.68. The molecule has 1 atom stereocenters. The predicted octanol–water partition coefficient (Wildman–Crippen LogP) is 0.212. The minimum Gasteiger partial charge on any atom is -0.480 e. The number of hydrogen-bond acceptors (Lipinski definition) is 4. The standard InChI is InChI=1S/C8H11N3O2/c1-6(11-5-8(12)13)7-4-9-2-3-10-7/h2-4,6,11H,5H2,1H3,(H,12,13). The second-order valence-electron chi connectivity index (χ2n) is 2.63. The third kappa shape index (κ3) is 3.16. The monoisotopic (exact) mass is 181 g/mol. The fourth-order valence-electron chi connectivity index (χ4n) is 0.879. The van der Waals surface area contributed by atoms with Crippen molar-refractivity contribution in [3.63, 3.8) is 0 Å². The summed E-state index contributed by atoms with van der Waals surface area (Å²) in [7, 11) is 0. The van der Waals surface area contributed by atoms with E-state index in [0.29, 0.717) is 0 Å². The van der Waals surface area contributed by atoms with Crippen LogP contribution in [-0.4, -0.2) is 27.6 Å². The van der Waals surface area contributed by atoms with Crippen LogP contribution < -0.4 is 5.32 Å². The van der Waals surface area contributed by atoms with Gasteiger partial charge in [0.2, 0.25) is 0 Å². The average Bonchev–Trinajstić information content (AvgIpc) is 2.15. The first-order chi connectivity index (χ1) is 6.20. The van der Waals surface area contributed by atoms with Crippen LogP contribution in [0.25, 0.3) is 0 Å². The first kappa shape index (κ1) is 9.60. The molecule has 0 aliphatic rings. The molecule has 5 nitrogen and oxygen atoms in total. The summed E-state index contributed by atoms with van der Waals surface area (Å²) in [6.07, 6.45) is 4.77. The Morgan fingerprint density at radius 1 is 1.69 bits per heavy atom. The molecule has 1 aromatic rings. The Kier molecular flexibility index (Phi) is 3.33. The lowest BCUT2D eigenvalue weighted by molar-refractivity contribution is -0.136. The van der Waals surface area contributed by atoms with E-state index in [2.05, 4.69) is 15.3 Å². The van der Waals surface area contributed by atoms with Crippen molar-refractivity contribution >= 4 is 5.97 Å². The van der Waals surface area contributed by atoms with Crippen LogP contribution in [-0.2, 0) is 4.79 Å². The van der Waals surface area contributed by atoms with Gasteiger partial charge in [-0.1, -0.05) is 0 Å².